The number of thioether (sulfide) groups is 1. The number of hydrogen-bond donors (Lipinski definition) is 0. The number of carbonyl (C=O) groups excluding carboxylic acids is 1. The monoisotopic (exact) mass is 412 g/mol. The number of hydrogen-bond acceptors (Lipinski definition) is 4. The lowest BCUT2D eigenvalue weighted by atomic mass is 9.89. The number of sulfone groups is 1. The Morgan fingerprint density at radius 3 is 2.50 bits per heavy atom. The molecule has 0 spiro atoms. The zero-order chi connectivity index (χ0) is 18.3. The number of halogens is 1. The predicted molar refractivity (Wildman–Crippen MR) is 107 cm³/mol. The third-order valence-electron chi connectivity index (χ3n) is 5.33. The fraction of sp³-hybridized carbons (Fsp3) is 0.556. The molecule has 4 rings (SSSR count). The maximum Gasteiger partial charge on any atom is 0.251 e. The molecule has 3 fully saturated rings. The van der Waals surface area contributed by atoms with Crippen LogP contribution < -0.4 is 4.90 Å². The van der Waals surface area contributed by atoms with Gasteiger partial charge in [0.05, 0.1) is 17.5 Å². The van der Waals surface area contributed by atoms with Gasteiger partial charge in [-0.2, -0.15) is 4.99 Å². The van der Waals surface area contributed by atoms with Gasteiger partial charge in [0.2, 0.25) is 0 Å². The fourth-order valence-electron chi connectivity index (χ4n) is 4.00. The summed E-state index contributed by atoms with van der Waals surface area (Å²) in [6.45, 7) is 0. The Bertz CT molecular complexity index is 832. The van der Waals surface area contributed by atoms with E-state index in [4.69, 9.17) is 11.6 Å². The average molecular weight is 413 g/mol. The summed E-state index contributed by atoms with van der Waals surface area (Å²) < 4.78 is 24.2. The molecule has 0 unspecified atom stereocenters. The molecule has 5 nitrogen and oxygen atoms in total. The topological polar surface area (TPSA) is 66.8 Å². The first-order valence-electron chi connectivity index (χ1n) is 8.97. The maximum absolute atomic E-state index is 12.7. The number of benzene rings is 1. The molecule has 3 aliphatic rings. The molecule has 0 N–H and O–H groups in total. The molecular weight excluding hydrogens is 392 g/mol. The third kappa shape index (κ3) is 3.66. The lowest BCUT2D eigenvalue weighted by Gasteiger charge is -2.25. The summed E-state index contributed by atoms with van der Waals surface area (Å²) in [5.74, 6) is 0.189. The van der Waals surface area contributed by atoms with Crippen LogP contribution in [0, 0.1) is 5.92 Å². The van der Waals surface area contributed by atoms with Crippen LogP contribution in [0.5, 0.6) is 0 Å². The Hall–Kier alpha value is -1.05. The molecule has 1 amide bonds. The van der Waals surface area contributed by atoms with Crippen molar-refractivity contribution in [2.24, 2.45) is 10.9 Å². The SMILES string of the molecule is O=C(N=C1S[C@@H]2CS(=O)(=O)C[C@@H]2N1c1ccc(Cl)cc1)C1CCCCC1. The number of anilines is 1. The van der Waals surface area contributed by atoms with Crippen LogP contribution in [0.4, 0.5) is 5.69 Å². The van der Waals surface area contributed by atoms with Crippen LogP contribution in [0.15, 0.2) is 29.3 Å². The summed E-state index contributed by atoms with van der Waals surface area (Å²) in [5, 5.41) is 1.18. The van der Waals surface area contributed by atoms with E-state index in [2.05, 4.69) is 4.99 Å². The molecule has 2 aliphatic heterocycles. The van der Waals surface area contributed by atoms with Gasteiger partial charge in [0, 0.05) is 21.9 Å². The Balaban J connectivity index is 1.65. The minimum atomic E-state index is -3.06. The molecule has 26 heavy (non-hydrogen) atoms. The van der Waals surface area contributed by atoms with Gasteiger partial charge in [-0.25, -0.2) is 8.42 Å². The molecule has 2 saturated heterocycles. The number of carbonyl (C=O) groups is 1. The molecule has 0 aromatic heterocycles. The van der Waals surface area contributed by atoms with Gasteiger partial charge in [0.25, 0.3) is 5.91 Å². The Kier molecular flexibility index (Phi) is 5.05. The average Bonchev–Trinajstić information content (AvgIpc) is 3.07. The Morgan fingerprint density at radius 1 is 1.12 bits per heavy atom. The second-order valence-corrected chi connectivity index (χ2v) is 11.0. The molecule has 8 heteroatoms. The molecule has 140 valence electrons. The van der Waals surface area contributed by atoms with Gasteiger partial charge in [-0.3, -0.25) is 4.79 Å². The van der Waals surface area contributed by atoms with Gasteiger partial charge in [0.15, 0.2) is 15.0 Å². The van der Waals surface area contributed by atoms with Crippen LogP contribution in [0.3, 0.4) is 0 Å². The highest BCUT2D eigenvalue weighted by molar-refractivity contribution is 8.16. The van der Waals surface area contributed by atoms with Gasteiger partial charge in [0.1, 0.15) is 0 Å². The zero-order valence-corrected chi connectivity index (χ0v) is 16.7. The van der Waals surface area contributed by atoms with E-state index in [1.807, 2.05) is 17.0 Å². The molecule has 0 bridgehead atoms. The van der Waals surface area contributed by atoms with E-state index in [0.29, 0.717) is 10.2 Å². The largest absolute Gasteiger partial charge is 0.316 e. The lowest BCUT2D eigenvalue weighted by molar-refractivity contribution is -0.122. The van der Waals surface area contributed by atoms with Crippen molar-refractivity contribution in [3.8, 4) is 0 Å². The summed E-state index contributed by atoms with van der Waals surface area (Å²) in [5.41, 5.74) is 0.835. The normalized spacial score (nSPS) is 29.9. The summed E-state index contributed by atoms with van der Waals surface area (Å²) in [7, 11) is -3.06. The number of aliphatic imine (C=N–C) groups is 1. The molecular formula is C18H21ClN2O3S2. The van der Waals surface area contributed by atoms with Gasteiger partial charge in [-0.1, -0.05) is 42.6 Å². The first-order valence-corrected chi connectivity index (χ1v) is 12.1. The first-order chi connectivity index (χ1) is 12.4. The highest BCUT2D eigenvalue weighted by atomic mass is 35.5. The fourth-order valence-corrected chi connectivity index (χ4v) is 8.05. The van der Waals surface area contributed by atoms with Crippen LogP contribution in [0.1, 0.15) is 32.1 Å². The molecule has 1 aromatic carbocycles. The van der Waals surface area contributed by atoms with Crippen molar-refractivity contribution in [2.45, 2.75) is 43.4 Å². The third-order valence-corrected chi connectivity index (χ3v) is 8.79. The van der Waals surface area contributed by atoms with Crippen molar-refractivity contribution in [1.82, 2.24) is 0 Å². The minimum absolute atomic E-state index is 0.00749. The standard InChI is InChI=1S/C18H21ClN2O3S2/c19-13-6-8-14(9-7-13)21-15-10-26(23,24)11-16(15)25-18(21)20-17(22)12-4-2-1-3-5-12/h6-9,12,15-16H,1-5,10-11H2/t15-,16+/m0/s1. The van der Waals surface area contributed by atoms with E-state index in [1.54, 1.807) is 12.1 Å². The van der Waals surface area contributed by atoms with Crippen molar-refractivity contribution >= 4 is 50.0 Å². The molecule has 0 radical (unpaired) electrons. The van der Waals surface area contributed by atoms with Crippen molar-refractivity contribution in [2.75, 3.05) is 16.4 Å². The number of amidine groups is 1. The number of amides is 1. The van der Waals surface area contributed by atoms with E-state index in [9.17, 15) is 13.2 Å². The summed E-state index contributed by atoms with van der Waals surface area (Å²) in [4.78, 5) is 19.0. The van der Waals surface area contributed by atoms with E-state index >= 15 is 0 Å². The van der Waals surface area contributed by atoms with E-state index < -0.39 is 9.84 Å². The molecule has 2 atom stereocenters. The molecule has 1 saturated carbocycles. The summed E-state index contributed by atoms with van der Waals surface area (Å²) in [6.07, 6.45) is 5.16. The van der Waals surface area contributed by atoms with E-state index in [0.717, 1.165) is 31.4 Å². The summed E-state index contributed by atoms with van der Waals surface area (Å²) >= 11 is 7.42. The molecule has 1 aliphatic carbocycles. The zero-order valence-electron chi connectivity index (χ0n) is 14.3. The predicted octanol–water partition coefficient (Wildman–Crippen LogP) is 3.52. The van der Waals surface area contributed by atoms with Gasteiger partial charge >= 0.3 is 0 Å². The highest BCUT2D eigenvalue weighted by Crippen LogP contribution is 2.41. The van der Waals surface area contributed by atoms with Crippen molar-refractivity contribution in [3.05, 3.63) is 29.3 Å². The molecule has 2 heterocycles. The van der Waals surface area contributed by atoms with Crippen molar-refractivity contribution in [1.29, 1.82) is 0 Å². The second kappa shape index (κ2) is 7.17. The smallest absolute Gasteiger partial charge is 0.251 e. The van der Waals surface area contributed by atoms with E-state index in [-0.39, 0.29) is 34.6 Å². The Morgan fingerprint density at radius 2 is 1.81 bits per heavy atom. The van der Waals surface area contributed by atoms with E-state index in [1.165, 1.54) is 18.2 Å². The van der Waals surface area contributed by atoms with Gasteiger partial charge < -0.3 is 4.90 Å². The van der Waals surface area contributed by atoms with Crippen LogP contribution >= 0.6 is 23.4 Å². The maximum atomic E-state index is 12.7. The quantitative estimate of drug-likeness (QED) is 0.743. The van der Waals surface area contributed by atoms with Crippen LogP contribution in [0.2, 0.25) is 5.02 Å². The van der Waals surface area contributed by atoms with Gasteiger partial charge in [-0.05, 0) is 37.1 Å². The second-order valence-electron chi connectivity index (χ2n) is 7.21. The number of nitrogens with zero attached hydrogens (tertiary/aromatic N) is 2. The minimum Gasteiger partial charge on any atom is -0.316 e. The van der Waals surface area contributed by atoms with Crippen LogP contribution in [-0.4, -0.2) is 42.3 Å². The lowest BCUT2D eigenvalue weighted by Crippen LogP contribution is -2.38. The van der Waals surface area contributed by atoms with Crippen molar-refractivity contribution < 1.29 is 13.2 Å². The van der Waals surface area contributed by atoms with Gasteiger partial charge in [-0.15, -0.1) is 0 Å². The van der Waals surface area contributed by atoms with Crippen LogP contribution in [0.25, 0.3) is 0 Å². The Labute approximate surface area is 163 Å². The number of rotatable bonds is 2. The first kappa shape index (κ1) is 18.3. The summed E-state index contributed by atoms with van der Waals surface area (Å²) in [6, 6.07) is 7.09. The molecule has 1 aromatic rings. The van der Waals surface area contributed by atoms with Crippen molar-refractivity contribution in [3.63, 3.8) is 0 Å². The van der Waals surface area contributed by atoms with Crippen LogP contribution in [-0.2, 0) is 14.6 Å². The highest BCUT2D eigenvalue weighted by Gasteiger charge is 2.49. The number of fused-ring (bicyclic) bond motifs is 1.